The van der Waals surface area contributed by atoms with Crippen LogP contribution in [0.1, 0.15) is 12.5 Å². The van der Waals surface area contributed by atoms with Crippen molar-refractivity contribution >= 4 is 9.52 Å². The van der Waals surface area contributed by atoms with E-state index in [-0.39, 0.29) is 9.52 Å². The standard InChI is InChI=1S/C9H11F3Si/c1-2-13-5-6-3-7(10)9(12)8(11)4-6/h3-4H,2,5,13H2,1H3. The average molecular weight is 204 g/mol. The topological polar surface area (TPSA) is 0 Å². The van der Waals surface area contributed by atoms with E-state index in [0.29, 0.717) is 5.56 Å². The average Bonchev–Trinajstić information content (AvgIpc) is 2.10. The molecule has 0 unspecified atom stereocenters. The molecule has 1 aromatic rings. The second-order valence-corrected chi connectivity index (χ2v) is 5.18. The lowest BCUT2D eigenvalue weighted by Gasteiger charge is -2.01. The van der Waals surface area contributed by atoms with Gasteiger partial charge in [-0.15, -0.1) is 0 Å². The van der Waals surface area contributed by atoms with Crippen molar-refractivity contribution in [2.45, 2.75) is 19.0 Å². The molecule has 0 saturated carbocycles. The summed E-state index contributed by atoms with van der Waals surface area (Å²) >= 11 is 0. The van der Waals surface area contributed by atoms with Gasteiger partial charge in [-0.25, -0.2) is 13.2 Å². The highest BCUT2D eigenvalue weighted by Crippen LogP contribution is 2.13. The molecule has 0 bridgehead atoms. The minimum atomic E-state index is -1.37. The molecular formula is C9H11F3Si. The highest BCUT2D eigenvalue weighted by Gasteiger charge is 2.09. The predicted octanol–water partition coefficient (Wildman–Crippen LogP) is 2.21. The fraction of sp³-hybridized carbons (Fsp3) is 0.333. The number of benzene rings is 1. The number of rotatable bonds is 3. The van der Waals surface area contributed by atoms with Crippen molar-refractivity contribution in [2.24, 2.45) is 0 Å². The van der Waals surface area contributed by atoms with Crippen LogP contribution in [-0.4, -0.2) is 9.52 Å². The Morgan fingerprint density at radius 1 is 1.15 bits per heavy atom. The first-order valence-electron chi connectivity index (χ1n) is 4.28. The Morgan fingerprint density at radius 2 is 1.69 bits per heavy atom. The van der Waals surface area contributed by atoms with E-state index in [1.807, 2.05) is 6.92 Å². The highest BCUT2D eigenvalue weighted by molar-refractivity contribution is 6.34. The van der Waals surface area contributed by atoms with E-state index in [9.17, 15) is 13.2 Å². The third-order valence-electron chi connectivity index (χ3n) is 1.86. The Bertz CT molecular complexity index is 276. The summed E-state index contributed by atoms with van der Waals surface area (Å²) in [5.74, 6) is -3.54. The zero-order chi connectivity index (χ0) is 9.84. The summed E-state index contributed by atoms with van der Waals surface area (Å²) in [6.45, 7) is 2.04. The van der Waals surface area contributed by atoms with Crippen LogP contribution >= 0.6 is 0 Å². The van der Waals surface area contributed by atoms with Gasteiger partial charge >= 0.3 is 0 Å². The van der Waals surface area contributed by atoms with Crippen LogP contribution in [0.15, 0.2) is 12.1 Å². The molecule has 0 N–H and O–H groups in total. The van der Waals surface area contributed by atoms with Crippen LogP contribution < -0.4 is 0 Å². The molecule has 0 atom stereocenters. The van der Waals surface area contributed by atoms with Crippen molar-refractivity contribution < 1.29 is 13.2 Å². The van der Waals surface area contributed by atoms with Gasteiger partial charge in [0, 0.05) is 9.52 Å². The second-order valence-electron chi connectivity index (χ2n) is 2.98. The van der Waals surface area contributed by atoms with Gasteiger partial charge in [0.05, 0.1) is 0 Å². The molecule has 0 aliphatic rings. The number of hydrogen-bond donors (Lipinski definition) is 0. The molecule has 0 nitrogen and oxygen atoms in total. The van der Waals surface area contributed by atoms with Crippen molar-refractivity contribution in [3.63, 3.8) is 0 Å². The fourth-order valence-corrected chi connectivity index (χ4v) is 2.18. The van der Waals surface area contributed by atoms with E-state index in [0.717, 1.165) is 24.2 Å². The van der Waals surface area contributed by atoms with Gasteiger partial charge in [-0.3, -0.25) is 0 Å². The summed E-state index contributed by atoms with van der Waals surface area (Å²) < 4.78 is 37.8. The van der Waals surface area contributed by atoms with Crippen molar-refractivity contribution in [2.75, 3.05) is 0 Å². The SMILES string of the molecule is CC[SiH2]Cc1cc(F)c(F)c(F)c1. The first-order chi connectivity index (χ1) is 6.15. The molecule has 1 rings (SSSR count). The maximum atomic E-state index is 12.7. The highest BCUT2D eigenvalue weighted by atomic mass is 28.2. The van der Waals surface area contributed by atoms with E-state index >= 15 is 0 Å². The van der Waals surface area contributed by atoms with Crippen LogP contribution in [0.5, 0.6) is 0 Å². The predicted molar refractivity (Wildman–Crippen MR) is 49.0 cm³/mol. The van der Waals surface area contributed by atoms with Crippen molar-refractivity contribution in [3.8, 4) is 0 Å². The Labute approximate surface area is 77.6 Å². The zero-order valence-electron chi connectivity index (χ0n) is 7.41. The van der Waals surface area contributed by atoms with Gasteiger partial charge in [-0.05, 0) is 23.7 Å². The van der Waals surface area contributed by atoms with Crippen LogP contribution in [0.2, 0.25) is 6.04 Å². The molecule has 0 radical (unpaired) electrons. The lowest BCUT2D eigenvalue weighted by Crippen LogP contribution is -1.99. The lowest BCUT2D eigenvalue weighted by molar-refractivity contribution is 0.446. The van der Waals surface area contributed by atoms with Gasteiger partial charge in [0.1, 0.15) is 0 Å². The normalized spacial score (nSPS) is 11.4. The van der Waals surface area contributed by atoms with Crippen LogP contribution in [0.4, 0.5) is 13.2 Å². The number of halogens is 3. The van der Waals surface area contributed by atoms with E-state index in [1.165, 1.54) is 0 Å². The third-order valence-corrected chi connectivity index (χ3v) is 3.50. The maximum absolute atomic E-state index is 12.7. The molecule has 0 aliphatic carbocycles. The molecule has 0 fully saturated rings. The quantitative estimate of drug-likeness (QED) is 0.523. The van der Waals surface area contributed by atoms with E-state index in [1.54, 1.807) is 0 Å². The summed E-state index contributed by atoms with van der Waals surface area (Å²) in [7, 11) is -0.277. The lowest BCUT2D eigenvalue weighted by atomic mass is 10.2. The molecule has 1 aromatic carbocycles. The monoisotopic (exact) mass is 204 g/mol. The second kappa shape index (κ2) is 4.46. The molecule has 13 heavy (non-hydrogen) atoms. The van der Waals surface area contributed by atoms with Crippen LogP contribution in [0.25, 0.3) is 0 Å². The molecule has 72 valence electrons. The molecule has 0 amide bonds. The minimum absolute atomic E-state index is 0.277. The largest absolute Gasteiger partial charge is 0.204 e. The summed E-state index contributed by atoms with van der Waals surface area (Å²) in [5, 5.41) is 0. The molecular weight excluding hydrogens is 193 g/mol. The van der Waals surface area contributed by atoms with Crippen molar-refractivity contribution in [1.82, 2.24) is 0 Å². The van der Waals surface area contributed by atoms with E-state index < -0.39 is 17.5 Å². The smallest absolute Gasteiger partial charge is 0.194 e. The van der Waals surface area contributed by atoms with Crippen molar-refractivity contribution in [1.29, 1.82) is 0 Å². The molecule has 0 aromatic heterocycles. The van der Waals surface area contributed by atoms with Gasteiger partial charge in [0.25, 0.3) is 0 Å². The Hall–Kier alpha value is -0.773. The van der Waals surface area contributed by atoms with E-state index in [4.69, 9.17) is 0 Å². The fourth-order valence-electron chi connectivity index (χ4n) is 1.13. The molecule has 0 aliphatic heterocycles. The maximum Gasteiger partial charge on any atom is 0.194 e. The molecule has 0 saturated heterocycles. The van der Waals surface area contributed by atoms with Crippen LogP contribution in [0.3, 0.4) is 0 Å². The first kappa shape index (κ1) is 10.3. The Balaban J connectivity index is 2.86. The summed E-state index contributed by atoms with van der Waals surface area (Å²) in [4.78, 5) is 0. The Morgan fingerprint density at radius 3 is 2.15 bits per heavy atom. The summed E-state index contributed by atoms with van der Waals surface area (Å²) in [5.41, 5.74) is 0.574. The van der Waals surface area contributed by atoms with Crippen LogP contribution in [-0.2, 0) is 6.04 Å². The third kappa shape index (κ3) is 2.59. The van der Waals surface area contributed by atoms with Gasteiger partial charge in [0.15, 0.2) is 17.5 Å². The zero-order valence-corrected chi connectivity index (χ0v) is 8.82. The van der Waals surface area contributed by atoms with Gasteiger partial charge in [-0.1, -0.05) is 13.0 Å². The first-order valence-corrected chi connectivity index (χ1v) is 6.28. The minimum Gasteiger partial charge on any atom is -0.204 e. The van der Waals surface area contributed by atoms with E-state index in [2.05, 4.69) is 0 Å². The molecule has 0 heterocycles. The molecule has 4 heteroatoms. The van der Waals surface area contributed by atoms with Gasteiger partial charge < -0.3 is 0 Å². The van der Waals surface area contributed by atoms with Gasteiger partial charge in [-0.2, -0.15) is 0 Å². The summed E-state index contributed by atoms with van der Waals surface area (Å²) in [6, 6.07) is 3.98. The summed E-state index contributed by atoms with van der Waals surface area (Å²) in [6.07, 6.45) is 0. The molecule has 0 spiro atoms. The number of hydrogen-bond acceptors (Lipinski definition) is 0. The van der Waals surface area contributed by atoms with Crippen molar-refractivity contribution in [3.05, 3.63) is 35.1 Å². The van der Waals surface area contributed by atoms with Crippen LogP contribution in [0, 0.1) is 17.5 Å². The van der Waals surface area contributed by atoms with Gasteiger partial charge in [0.2, 0.25) is 0 Å². The Kier molecular flexibility index (Phi) is 3.54.